The van der Waals surface area contributed by atoms with Crippen LogP contribution >= 0.6 is 0 Å². The van der Waals surface area contributed by atoms with Gasteiger partial charge < -0.3 is 5.73 Å². The molecule has 0 aromatic heterocycles. The second-order valence-electron chi connectivity index (χ2n) is 6.57. The molecule has 0 spiro atoms. The first-order chi connectivity index (χ1) is 8.50. The maximum absolute atomic E-state index is 6.23. The van der Waals surface area contributed by atoms with Crippen LogP contribution in [0.1, 0.15) is 66.7 Å². The molecule has 0 radical (unpaired) electrons. The van der Waals surface area contributed by atoms with Gasteiger partial charge in [0.1, 0.15) is 0 Å². The fourth-order valence-corrected chi connectivity index (χ4v) is 3.85. The fraction of sp³-hybridized carbons (Fsp3) is 1.00. The van der Waals surface area contributed by atoms with Crippen LogP contribution in [-0.4, -0.2) is 29.6 Å². The van der Waals surface area contributed by atoms with Crippen LogP contribution in [0, 0.1) is 11.8 Å². The van der Waals surface area contributed by atoms with E-state index in [0.717, 1.165) is 24.9 Å². The summed E-state index contributed by atoms with van der Waals surface area (Å²) in [6, 6.07) is 0.657. The average molecular weight is 254 g/mol. The van der Waals surface area contributed by atoms with Crippen molar-refractivity contribution in [3.8, 4) is 0 Å². The van der Waals surface area contributed by atoms with Crippen LogP contribution < -0.4 is 5.73 Å². The van der Waals surface area contributed by atoms with Gasteiger partial charge >= 0.3 is 0 Å². The van der Waals surface area contributed by atoms with Gasteiger partial charge in [0.15, 0.2) is 0 Å². The third-order valence-corrected chi connectivity index (χ3v) is 5.25. The van der Waals surface area contributed by atoms with E-state index in [4.69, 9.17) is 5.73 Å². The molecule has 1 saturated carbocycles. The topological polar surface area (TPSA) is 29.3 Å². The van der Waals surface area contributed by atoms with E-state index in [1.807, 2.05) is 0 Å². The molecule has 0 saturated heterocycles. The molecular formula is C16H34N2. The van der Waals surface area contributed by atoms with Crippen molar-refractivity contribution in [2.24, 2.45) is 17.6 Å². The van der Waals surface area contributed by atoms with E-state index in [9.17, 15) is 0 Å². The predicted octanol–water partition coefficient (Wildman–Crippen LogP) is 3.65. The summed E-state index contributed by atoms with van der Waals surface area (Å²) < 4.78 is 0. The molecule has 1 aliphatic carbocycles. The molecule has 0 aromatic carbocycles. The average Bonchev–Trinajstić information content (AvgIpc) is 2.39. The summed E-state index contributed by atoms with van der Waals surface area (Å²) >= 11 is 0. The summed E-state index contributed by atoms with van der Waals surface area (Å²) in [6.45, 7) is 13.7. The van der Waals surface area contributed by atoms with Crippen LogP contribution in [-0.2, 0) is 0 Å². The van der Waals surface area contributed by atoms with E-state index in [-0.39, 0.29) is 5.54 Å². The third-order valence-electron chi connectivity index (χ3n) is 5.25. The summed E-state index contributed by atoms with van der Waals surface area (Å²) in [5.74, 6) is 1.66. The zero-order valence-corrected chi connectivity index (χ0v) is 13.2. The smallest absolute Gasteiger partial charge is 0.0337 e. The Kier molecular flexibility index (Phi) is 6.13. The zero-order valence-electron chi connectivity index (χ0n) is 13.2. The molecule has 2 heteroatoms. The van der Waals surface area contributed by atoms with Crippen molar-refractivity contribution >= 4 is 0 Å². The summed E-state index contributed by atoms with van der Waals surface area (Å²) in [4.78, 5) is 2.70. The lowest BCUT2D eigenvalue weighted by Gasteiger charge is -2.51. The van der Waals surface area contributed by atoms with Crippen molar-refractivity contribution in [2.45, 2.75) is 78.3 Å². The highest BCUT2D eigenvalue weighted by molar-refractivity contribution is 4.98. The van der Waals surface area contributed by atoms with E-state index < -0.39 is 0 Å². The molecule has 0 aromatic rings. The largest absolute Gasteiger partial charge is 0.329 e. The van der Waals surface area contributed by atoms with Crippen LogP contribution in [0.4, 0.5) is 0 Å². The second-order valence-corrected chi connectivity index (χ2v) is 6.57. The minimum absolute atomic E-state index is 0.275. The van der Waals surface area contributed by atoms with Crippen LogP contribution in [0.5, 0.6) is 0 Å². The van der Waals surface area contributed by atoms with Gasteiger partial charge in [-0.05, 0) is 44.6 Å². The molecule has 0 heterocycles. The van der Waals surface area contributed by atoms with E-state index in [1.165, 1.54) is 32.1 Å². The SMILES string of the molecule is CCC(C)N(CC)C1(CN)CCCC(C(C)C)C1. The molecule has 1 fully saturated rings. The van der Waals surface area contributed by atoms with Gasteiger partial charge in [-0.15, -0.1) is 0 Å². The van der Waals surface area contributed by atoms with Gasteiger partial charge in [-0.2, -0.15) is 0 Å². The standard InChI is InChI=1S/C16H34N2/c1-6-14(5)18(7-2)16(12-17)10-8-9-15(11-16)13(3)4/h13-15H,6-12,17H2,1-5H3. The normalized spacial score (nSPS) is 31.0. The Bertz CT molecular complexity index is 239. The fourth-order valence-electron chi connectivity index (χ4n) is 3.85. The Morgan fingerprint density at radius 1 is 1.28 bits per heavy atom. The number of likely N-dealkylation sites (N-methyl/N-ethyl adjacent to an activating group) is 1. The van der Waals surface area contributed by atoms with E-state index in [0.29, 0.717) is 6.04 Å². The van der Waals surface area contributed by atoms with Gasteiger partial charge in [-0.1, -0.05) is 40.5 Å². The van der Waals surface area contributed by atoms with Crippen molar-refractivity contribution < 1.29 is 0 Å². The quantitative estimate of drug-likeness (QED) is 0.784. The van der Waals surface area contributed by atoms with E-state index in [2.05, 4.69) is 39.5 Å². The predicted molar refractivity (Wildman–Crippen MR) is 80.7 cm³/mol. The zero-order chi connectivity index (χ0) is 13.8. The summed E-state index contributed by atoms with van der Waals surface area (Å²) in [5, 5.41) is 0. The maximum atomic E-state index is 6.23. The lowest BCUT2D eigenvalue weighted by molar-refractivity contribution is 0.00170. The first kappa shape index (κ1) is 16.0. The molecule has 3 unspecified atom stereocenters. The van der Waals surface area contributed by atoms with Crippen LogP contribution in [0.2, 0.25) is 0 Å². The lowest BCUT2D eigenvalue weighted by atomic mass is 9.70. The molecule has 0 bridgehead atoms. The van der Waals surface area contributed by atoms with Crippen LogP contribution in [0.3, 0.4) is 0 Å². The molecule has 0 amide bonds. The Hall–Kier alpha value is -0.0800. The van der Waals surface area contributed by atoms with Crippen molar-refractivity contribution in [3.63, 3.8) is 0 Å². The highest BCUT2D eigenvalue weighted by Crippen LogP contribution is 2.40. The maximum Gasteiger partial charge on any atom is 0.0337 e. The summed E-state index contributed by atoms with van der Waals surface area (Å²) in [7, 11) is 0. The van der Waals surface area contributed by atoms with Crippen LogP contribution in [0.25, 0.3) is 0 Å². The van der Waals surface area contributed by atoms with Crippen molar-refractivity contribution in [1.29, 1.82) is 0 Å². The van der Waals surface area contributed by atoms with Gasteiger partial charge in [0.25, 0.3) is 0 Å². The summed E-state index contributed by atoms with van der Waals surface area (Å²) in [5.41, 5.74) is 6.50. The number of hydrogen-bond donors (Lipinski definition) is 1. The van der Waals surface area contributed by atoms with Crippen molar-refractivity contribution in [3.05, 3.63) is 0 Å². The Morgan fingerprint density at radius 2 is 1.94 bits per heavy atom. The minimum Gasteiger partial charge on any atom is -0.329 e. The van der Waals surface area contributed by atoms with E-state index in [1.54, 1.807) is 0 Å². The van der Waals surface area contributed by atoms with Gasteiger partial charge in [0.2, 0.25) is 0 Å². The molecule has 1 aliphatic rings. The molecule has 2 nitrogen and oxygen atoms in total. The van der Waals surface area contributed by atoms with Crippen molar-refractivity contribution in [1.82, 2.24) is 4.90 Å². The molecule has 1 rings (SSSR count). The molecule has 3 atom stereocenters. The second kappa shape index (κ2) is 6.91. The minimum atomic E-state index is 0.275. The molecule has 2 N–H and O–H groups in total. The highest BCUT2D eigenvalue weighted by Gasteiger charge is 2.41. The number of rotatable bonds is 6. The highest BCUT2D eigenvalue weighted by atomic mass is 15.2. The molecule has 18 heavy (non-hydrogen) atoms. The Morgan fingerprint density at radius 3 is 2.39 bits per heavy atom. The molecule has 108 valence electrons. The van der Waals surface area contributed by atoms with Gasteiger partial charge in [-0.3, -0.25) is 4.90 Å². The third kappa shape index (κ3) is 3.27. The lowest BCUT2D eigenvalue weighted by Crippen LogP contribution is -2.59. The van der Waals surface area contributed by atoms with Gasteiger partial charge in [0, 0.05) is 18.1 Å². The molecule has 0 aliphatic heterocycles. The van der Waals surface area contributed by atoms with E-state index >= 15 is 0 Å². The first-order valence-electron chi connectivity index (χ1n) is 7.97. The summed E-state index contributed by atoms with van der Waals surface area (Å²) in [6.07, 6.45) is 6.58. The number of hydrogen-bond acceptors (Lipinski definition) is 2. The first-order valence-corrected chi connectivity index (χ1v) is 7.97. The molecular weight excluding hydrogens is 220 g/mol. The van der Waals surface area contributed by atoms with Gasteiger partial charge in [0.05, 0.1) is 0 Å². The number of nitrogens with two attached hydrogens (primary N) is 1. The Balaban J connectivity index is 2.88. The van der Waals surface area contributed by atoms with Crippen molar-refractivity contribution in [2.75, 3.05) is 13.1 Å². The Labute approximate surface area is 114 Å². The van der Waals surface area contributed by atoms with Crippen LogP contribution in [0.15, 0.2) is 0 Å². The van der Waals surface area contributed by atoms with Gasteiger partial charge in [-0.25, -0.2) is 0 Å². The monoisotopic (exact) mass is 254 g/mol. The number of nitrogens with zero attached hydrogens (tertiary/aromatic N) is 1.